The SMILES string of the molecule is Fc1ccc2c(CCCC3CNCc4c3[nH]c3cnc5cc(Cl)ccc5c43)noc2c1. The highest BCUT2D eigenvalue weighted by molar-refractivity contribution is 6.31. The van der Waals surface area contributed by atoms with Gasteiger partial charge in [-0.3, -0.25) is 4.98 Å². The maximum absolute atomic E-state index is 13.4. The highest BCUT2D eigenvalue weighted by atomic mass is 35.5. The Balaban J connectivity index is 1.28. The van der Waals surface area contributed by atoms with Gasteiger partial charge in [0, 0.05) is 51.9 Å². The number of rotatable bonds is 4. The summed E-state index contributed by atoms with van der Waals surface area (Å²) in [6, 6.07) is 10.5. The molecule has 0 amide bonds. The van der Waals surface area contributed by atoms with E-state index in [2.05, 4.69) is 26.5 Å². The number of benzene rings is 2. The number of aromatic amines is 1. The molecule has 1 unspecified atom stereocenters. The Bertz CT molecular complexity index is 1440. The lowest BCUT2D eigenvalue weighted by Gasteiger charge is -2.23. The van der Waals surface area contributed by atoms with Crippen LogP contribution in [0.2, 0.25) is 5.02 Å². The van der Waals surface area contributed by atoms with Crippen LogP contribution in [-0.4, -0.2) is 21.7 Å². The van der Waals surface area contributed by atoms with Gasteiger partial charge in [-0.2, -0.15) is 0 Å². The Kier molecular flexibility index (Phi) is 4.44. The van der Waals surface area contributed by atoms with Gasteiger partial charge in [0.15, 0.2) is 5.58 Å². The highest BCUT2D eigenvalue weighted by Crippen LogP contribution is 2.36. The lowest BCUT2D eigenvalue weighted by atomic mass is 9.91. The van der Waals surface area contributed by atoms with Gasteiger partial charge in [-0.05, 0) is 49.1 Å². The minimum Gasteiger partial charge on any atom is -0.357 e. The second-order valence-electron chi connectivity index (χ2n) is 8.22. The van der Waals surface area contributed by atoms with Gasteiger partial charge in [0.05, 0.1) is 22.9 Å². The predicted octanol–water partition coefficient (Wildman–Crippen LogP) is 5.86. The van der Waals surface area contributed by atoms with E-state index in [1.54, 1.807) is 6.07 Å². The van der Waals surface area contributed by atoms with Crippen LogP contribution >= 0.6 is 11.6 Å². The van der Waals surface area contributed by atoms with Crippen LogP contribution in [0.4, 0.5) is 4.39 Å². The van der Waals surface area contributed by atoms with E-state index in [9.17, 15) is 4.39 Å². The summed E-state index contributed by atoms with van der Waals surface area (Å²) in [6.07, 6.45) is 4.69. The molecule has 1 aliphatic heterocycles. The summed E-state index contributed by atoms with van der Waals surface area (Å²) < 4.78 is 18.7. The first kappa shape index (κ1) is 18.8. The Morgan fingerprint density at radius 1 is 1.16 bits per heavy atom. The van der Waals surface area contributed by atoms with Gasteiger partial charge in [0.1, 0.15) is 5.82 Å². The number of aryl methyl sites for hydroxylation is 1. The standard InChI is InChI=1S/C24H20ClFN4O/c25-14-4-6-17-20(8-14)28-12-21-23(17)18-11-27-10-13(24(18)29-21)2-1-3-19-16-7-5-15(26)9-22(16)31-30-19/h4-9,12-13,27,29H,1-3,10-11H2. The maximum atomic E-state index is 13.4. The number of H-pyrrole nitrogens is 1. The number of nitrogens with zero attached hydrogens (tertiary/aromatic N) is 2. The molecule has 0 fully saturated rings. The molecule has 0 spiro atoms. The fraction of sp³-hybridized carbons (Fsp3) is 0.250. The normalized spacial score (nSPS) is 16.4. The summed E-state index contributed by atoms with van der Waals surface area (Å²) in [4.78, 5) is 8.23. The zero-order valence-electron chi connectivity index (χ0n) is 16.7. The first-order valence-corrected chi connectivity index (χ1v) is 10.9. The number of hydrogen-bond acceptors (Lipinski definition) is 4. The van der Waals surface area contributed by atoms with E-state index in [1.165, 1.54) is 28.8 Å². The van der Waals surface area contributed by atoms with E-state index in [-0.39, 0.29) is 5.82 Å². The van der Waals surface area contributed by atoms with E-state index in [1.807, 2.05) is 18.3 Å². The first-order valence-electron chi connectivity index (χ1n) is 10.5. The van der Waals surface area contributed by atoms with Crippen molar-refractivity contribution in [3.63, 3.8) is 0 Å². The van der Waals surface area contributed by atoms with Crippen molar-refractivity contribution >= 4 is 44.4 Å². The molecule has 7 heteroatoms. The molecule has 3 aromatic heterocycles. The largest absolute Gasteiger partial charge is 0.357 e. The lowest BCUT2D eigenvalue weighted by molar-refractivity contribution is 0.439. The number of nitrogens with one attached hydrogen (secondary N) is 2. The molecule has 0 bridgehead atoms. The van der Waals surface area contributed by atoms with Gasteiger partial charge < -0.3 is 14.8 Å². The van der Waals surface area contributed by atoms with Gasteiger partial charge in [-0.15, -0.1) is 0 Å². The van der Waals surface area contributed by atoms with Gasteiger partial charge in [0.2, 0.25) is 0 Å². The summed E-state index contributed by atoms with van der Waals surface area (Å²) in [5.74, 6) is 0.0771. The topological polar surface area (TPSA) is 66.7 Å². The Hall–Kier alpha value is -2.96. The minimum atomic E-state index is -0.306. The first-order chi connectivity index (χ1) is 15.2. The minimum absolute atomic E-state index is 0.306. The molecule has 0 radical (unpaired) electrons. The monoisotopic (exact) mass is 434 g/mol. The quantitative estimate of drug-likeness (QED) is 0.372. The fourth-order valence-corrected chi connectivity index (χ4v) is 5.02. The summed E-state index contributed by atoms with van der Waals surface area (Å²) in [5, 5.41) is 11.7. The molecule has 156 valence electrons. The molecule has 5 aromatic rings. The summed E-state index contributed by atoms with van der Waals surface area (Å²) in [6.45, 7) is 1.77. The van der Waals surface area contributed by atoms with Crippen LogP contribution in [0.3, 0.4) is 0 Å². The van der Waals surface area contributed by atoms with Crippen LogP contribution in [0.15, 0.2) is 47.1 Å². The van der Waals surface area contributed by atoms with Crippen molar-refractivity contribution in [3.05, 3.63) is 70.4 Å². The molecule has 5 nitrogen and oxygen atoms in total. The van der Waals surface area contributed by atoms with E-state index < -0.39 is 0 Å². The van der Waals surface area contributed by atoms with Gasteiger partial charge in [-0.25, -0.2) is 4.39 Å². The second kappa shape index (κ2) is 7.32. The van der Waals surface area contributed by atoms with Gasteiger partial charge in [0.25, 0.3) is 0 Å². The Morgan fingerprint density at radius 2 is 2.06 bits per heavy atom. The molecule has 0 aliphatic carbocycles. The van der Waals surface area contributed by atoms with Gasteiger partial charge in [-0.1, -0.05) is 22.8 Å². The molecule has 31 heavy (non-hydrogen) atoms. The number of halogens is 2. The average molecular weight is 435 g/mol. The van der Waals surface area contributed by atoms with Gasteiger partial charge >= 0.3 is 0 Å². The molecule has 1 atom stereocenters. The maximum Gasteiger partial charge on any atom is 0.170 e. The van der Waals surface area contributed by atoms with Crippen molar-refractivity contribution in [1.82, 2.24) is 20.4 Å². The highest BCUT2D eigenvalue weighted by Gasteiger charge is 2.25. The van der Waals surface area contributed by atoms with Crippen molar-refractivity contribution in [2.45, 2.75) is 31.7 Å². The van der Waals surface area contributed by atoms with Crippen LogP contribution in [0, 0.1) is 5.82 Å². The molecule has 2 N–H and O–H groups in total. The second-order valence-corrected chi connectivity index (χ2v) is 8.65. The van der Waals surface area contributed by atoms with E-state index in [0.717, 1.165) is 59.9 Å². The third-order valence-corrected chi connectivity index (χ3v) is 6.54. The lowest BCUT2D eigenvalue weighted by Crippen LogP contribution is -2.28. The zero-order valence-corrected chi connectivity index (χ0v) is 17.5. The predicted molar refractivity (Wildman–Crippen MR) is 120 cm³/mol. The fourth-order valence-electron chi connectivity index (χ4n) is 4.85. The van der Waals surface area contributed by atoms with Crippen LogP contribution in [0.5, 0.6) is 0 Å². The smallest absolute Gasteiger partial charge is 0.170 e. The average Bonchev–Trinajstić information content (AvgIpc) is 3.35. The van der Waals surface area contributed by atoms with E-state index in [4.69, 9.17) is 16.1 Å². The van der Waals surface area contributed by atoms with Crippen molar-refractivity contribution in [2.24, 2.45) is 0 Å². The molecule has 4 heterocycles. The van der Waals surface area contributed by atoms with E-state index >= 15 is 0 Å². The number of pyridine rings is 1. The van der Waals surface area contributed by atoms with Crippen LogP contribution in [-0.2, 0) is 13.0 Å². The van der Waals surface area contributed by atoms with Crippen molar-refractivity contribution in [3.8, 4) is 0 Å². The summed E-state index contributed by atoms with van der Waals surface area (Å²) in [7, 11) is 0. The van der Waals surface area contributed by atoms with Crippen LogP contribution < -0.4 is 5.32 Å². The third kappa shape index (κ3) is 3.18. The van der Waals surface area contributed by atoms with Crippen molar-refractivity contribution in [1.29, 1.82) is 0 Å². The molecule has 1 aliphatic rings. The number of aromatic nitrogens is 3. The Morgan fingerprint density at radius 3 is 3.00 bits per heavy atom. The number of hydrogen-bond donors (Lipinski definition) is 2. The van der Waals surface area contributed by atoms with Crippen molar-refractivity contribution in [2.75, 3.05) is 6.54 Å². The molecular weight excluding hydrogens is 415 g/mol. The van der Waals surface area contributed by atoms with Crippen molar-refractivity contribution < 1.29 is 8.91 Å². The molecule has 0 saturated carbocycles. The van der Waals surface area contributed by atoms with Crippen LogP contribution in [0.1, 0.15) is 35.7 Å². The van der Waals surface area contributed by atoms with E-state index in [0.29, 0.717) is 16.5 Å². The molecule has 2 aromatic carbocycles. The summed E-state index contributed by atoms with van der Waals surface area (Å²) in [5.41, 5.74) is 6.00. The molecule has 6 rings (SSSR count). The number of fused-ring (bicyclic) bond motifs is 6. The third-order valence-electron chi connectivity index (χ3n) is 6.30. The zero-order chi connectivity index (χ0) is 20.9. The summed E-state index contributed by atoms with van der Waals surface area (Å²) >= 11 is 6.16. The Labute approximate surface area is 182 Å². The van der Waals surface area contributed by atoms with Crippen LogP contribution in [0.25, 0.3) is 32.8 Å². The molecule has 0 saturated heterocycles. The molecular formula is C24H20ClFN4O.